The molecule has 5 heteroatoms. The maximum atomic E-state index is 12.9. The Balaban J connectivity index is 1.56. The number of hydrogen-bond acceptors (Lipinski definition) is 3. The molecule has 142 valence electrons. The Morgan fingerprint density at radius 2 is 1.89 bits per heavy atom. The molecule has 5 nitrogen and oxygen atoms in total. The minimum Gasteiger partial charge on any atom is -0.495 e. The van der Waals surface area contributed by atoms with Crippen LogP contribution in [0, 0.1) is 12.8 Å². The zero-order chi connectivity index (χ0) is 19.7. The molecule has 3 aromatic rings. The highest BCUT2D eigenvalue weighted by molar-refractivity contribution is 6.07. The molecule has 1 saturated heterocycles. The first kappa shape index (κ1) is 18.0. The van der Waals surface area contributed by atoms with Gasteiger partial charge in [-0.05, 0) is 36.1 Å². The van der Waals surface area contributed by atoms with Crippen molar-refractivity contribution in [2.24, 2.45) is 5.92 Å². The first-order chi connectivity index (χ1) is 13.6. The third-order valence-electron chi connectivity index (χ3n) is 5.17. The summed E-state index contributed by atoms with van der Waals surface area (Å²) in [5.41, 5.74) is 2.52. The van der Waals surface area contributed by atoms with Gasteiger partial charge in [0.15, 0.2) is 0 Å². The highest BCUT2D eigenvalue weighted by Gasteiger charge is 2.36. The molecule has 1 fully saturated rings. The zero-order valence-electron chi connectivity index (χ0n) is 15.9. The van der Waals surface area contributed by atoms with E-state index in [1.165, 1.54) is 0 Å². The number of hydrogen-bond donors (Lipinski definition) is 1. The average Bonchev–Trinajstić information content (AvgIpc) is 3.10. The molecule has 4 rings (SSSR count). The summed E-state index contributed by atoms with van der Waals surface area (Å²) >= 11 is 0. The van der Waals surface area contributed by atoms with Gasteiger partial charge in [0.05, 0.1) is 18.7 Å². The number of benzene rings is 3. The summed E-state index contributed by atoms with van der Waals surface area (Å²) in [7, 11) is 1.58. The molecule has 0 spiro atoms. The van der Waals surface area contributed by atoms with E-state index in [-0.39, 0.29) is 18.2 Å². The van der Waals surface area contributed by atoms with Crippen molar-refractivity contribution in [1.29, 1.82) is 0 Å². The number of methoxy groups -OCH3 is 1. The lowest BCUT2D eigenvalue weighted by Crippen LogP contribution is -2.28. The number of ether oxygens (including phenoxy) is 1. The largest absolute Gasteiger partial charge is 0.495 e. The molecular weight excluding hydrogens is 352 g/mol. The lowest BCUT2D eigenvalue weighted by Gasteiger charge is -2.20. The van der Waals surface area contributed by atoms with Crippen LogP contribution in [0.5, 0.6) is 5.75 Å². The van der Waals surface area contributed by atoms with Gasteiger partial charge in [-0.3, -0.25) is 9.59 Å². The Morgan fingerprint density at radius 3 is 2.71 bits per heavy atom. The second kappa shape index (κ2) is 7.35. The van der Waals surface area contributed by atoms with Gasteiger partial charge in [0.1, 0.15) is 5.75 Å². The zero-order valence-corrected chi connectivity index (χ0v) is 15.9. The second-order valence-corrected chi connectivity index (χ2v) is 7.10. The molecule has 1 unspecified atom stereocenters. The normalized spacial score (nSPS) is 16.4. The molecule has 1 heterocycles. The van der Waals surface area contributed by atoms with Crippen LogP contribution in [0.3, 0.4) is 0 Å². The first-order valence-corrected chi connectivity index (χ1v) is 9.30. The Kier molecular flexibility index (Phi) is 4.74. The third-order valence-corrected chi connectivity index (χ3v) is 5.17. The second-order valence-electron chi connectivity index (χ2n) is 7.10. The number of amides is 2. The van der Waals surface area contributed by atoms with Crippen molar-refractivity contribution in [2.75, 3.05) is 23.9 Å². The van der Waals surface area contributed by atoms with Crippen molar-refractivity contribution in [3.05, 3.63) is 66.2 Å². The molecule has 1 N–H and O–H groups in total. The van der Waals surface area contributed by atoms with Gasteiger partial charge in [-0.25, -0.2) is 0 Å². The van der Waals surface area contributed by atoms with Crippen LogP contribution >= 0.6 is 0 Å². The number of anilines is 2. The minimum atomic E-state index is -0.406. The topological polar surface area (TPSA) is 58.6 Å². The molecule has 2 amide bonds. The van der Waals surface area contributed by atoms with Gasteiger partial charge >= 0.3 is 0 Å². The molecular formula is C23H22N2O3. The van der Waals surface area contributed by atoms with Crippen molar-refractivity contribution in [3.63, 3.8) is 0 Å². The number of fused-ring (bicyclic) bond motifs is 1. The van der Waals surface area contributed by atoms with Crippen LogP contribution in [0.4, 0.5) is 11.4 Å². The first-order valence-electron chi connectivity index (χ1n) is 9.30. The van der Waals surface area contributed by atoms with E-state index in [1.807, 2.05) is 67.6 Å². The van der Waals surface area contributed by atoms with E-state index in [0.717, 1.165) is 22.0 Å². The number of nitrogens with zero attached hydrogens (tertiary/aromatic N) is 1. The van der Waals surface area contributed by atoms with E-state index in [9.17, 15) is 9.59 Å². The molecule has 0 radical (unpaired) electrons. The standard InChI is InChI=1S/C23H22N2O3/c1-15-10-11-21(28-2)20(12-15)25-14-17(13-22(25)26)23(27)24-19-9-5-7-16-6-3-4-8-18(16)19/h3-12,17H,13-14H2,1-2H3,(H,24,27). The summed E-state index contributed by atoms with van der Waals surface area (Å²) in [6, 6.07) is 19.4. The summed E-state index contributed by atoms with van der Waals surface area (Å²) in [6.45, 7) is 2.31. The maximum absolute atomic E-state index is 12.9. The molecule has 0 bridgehead atoms. The fraction of sp³-hybridized carbons (Fsp3) is 0.217. The van der Waals surface area contributed by atoms with Crippen LogP contribution in [0.2, 0.25) is 0 Å². The lowest BCUT2D eigenvalue weighted by atomic mass is 10.1. The van der Waals surface area contributed by atoms with Crippen LogP contribution in [0.1, 0.15) is 12.0 Å². The average molecular weight is 374 g/mol. The number of rotatable bonds is 4. The van der Waals surface area contributed by atoms with Gasteiger partial charge in [-0.15, -0.1) is 0 Å². The van der Waals surface area contributed by atoms with Crippen molar-refractivity contribution in [1.82, 2.24) is 0 Å². The minimum absolute atomic E-state index is 0.0676. The van der Waals surface area contributed by atoms with Crippen LogP contribution in [0.25, 0.3) is 10.8 Å². The van der Waals surface area contributed by atoms with Crippen LogP contribution < -0.4 is 15.0 Å². The van der Waals surface area contributed by atoms with E-state index >= 15 is 0 Å². The Labute approximate surface area is 163 Å². The predicted octanol–water partition coefficient (Wildman–Crippen LogP) is 4.15. The lowest BCUT2D eigenvalue weighted by molar-refractivity contribution is -0.122. The van der Waals surface area contributed by atoms with E-state index in [0.29, 0.717) is 18.0 Å². The monoisotopic (exact) mass is 374 g/mol. The van der Waals surface area contributed by atoms with Crippen LogP contribution in [-0.4, -0.2) is 25.5 Å². The molecule has 28 heavy (non-hydrogen) atoms. The number of nitrogens with one attached hydrogen (secondary N) is 1. The molecule has 1 aliphatic rings. The predicted molar refractivity (Wildman–Crippen MR) is 111 cm³/mol. The quantitative estimate of drug-likeness (QED) is 0.746. The number of aryl methyl sites for hydroxylation is 1. The smallest absolute Gasteiger partial charge is 0.229 e. The van der Waals surface area contributed by atoms with Crippen LogP contribution in [-0.2, 0) is 9.59 Å². The number of carbonyl (C=O) groups excluding carboxylic acids is 2. The van der Waals surface area contributed by atoms with E-state index in [2.05, 4.69) is 5.32 Å². The highest BCUT2D eigenvalue weighted by Crippen LogP contribution is 2.34. The molecule has 1 atom stereocenters. The Hall–Kier alpha value is -3.34. The molecule has 3 aromatic carbocycles. The van der Waals surface area contributed by atoms with Crippen molar-refractivity contribution in [2.45, 2.75) is 13.3 Å². The summed E-state index contributed by atoms with van der Waals surface area (Å²) in [5, 5.41) is 5.06. The Bertz CT molecular complexity index is 1060. The van der Waals surface area contributed by atoms with Gasteiger partial charge < -0.3 is 15.0 Å². The maximum Gasteiger partial charge on any atom is 0.229 e. The molecule has 1 aliphatic heterocycles. The number of carbonyl (C=O) groups is 2. The van der Waals surface area contributed by atoms with Gasteiger partial charge in [-0.2, -0.15) is 0 Å². The molecule has 0 aliphatic carbocycles. The van der Waals surface area contributed by atoms with E-state index in [4.69, 9.17) is 4.74 Å². The van der Waals surface area contributed by atoms with Crippen LogP contribution in [0.15, 0.2) is 60.7 Å². The summed E-state index contributed by atoms with van der Waals surface area (Å²) in [4.78, 5) is 27.2. The fourth-order valence-corrected chi connectivity index (χ4v) is 3.70. The summed E-state index contributed by atoms with van der Waals surface area (Å²) < 4.78 is 5.41. The highest BCUT2D eigenvalue weighted by atomic mass is 16.5. The van der Waals surface area contributed by atoms with Gasteiger partial charge in [0.25, 0.3) is 0 Å². The van der Waals surface area contributed by atoms with Crippen molar-refractivity contribution >= 4 is 34.0 Å². The SMILES string of the molecule is COc1ccc(C)cc1N1CC(C(=O)Nc2cccc3ccccc23)CC1=O. The fourth-order valence-electron chi connectivity index (χ4n) is 3.70. The molecule has 0 saturated carbocycles. The van der Waals surface area contributed by atoms with Gasteiger partial charge in [0, 0.05) is 24.0 Å². The van der Waals surface area contributed by atoms with Gasteiger partial charge in [0.2, 0.25) is 11.8 Å². The van der Waals surface area contributed by atoms with Crippen molar-refractivity contribution in [3.8, 4) is 5.75 Å². The Morgan fingerprint density at radius 1 is 1.11 bits per heavy atom. The summed E-state index contributed by atoms with van der Waals surface area (Å²) in [6.07, 6.45) is 0.188. The molecule has 0 aromatic heterocycles. The van der Waals surface area contributed by atoms with Gasteiger partial charge in [-0.1, -0.05) is 42.5 Å². The van der Waals surface area contributed by atoms with E-state index in [1.54, 1.807) is 12.0 Å². The third kappa shape index (κ3) is 3.31. The van der Waals surface area contributed by atoms with E-state index < -0.39 is 5.92 Å². The summed E-state index contributed by atoms with van der Waals surface area (Å²) in [5.74, 6) is 0.0199. The van der Waals surface area contributed by atoms with Crippen molar-refractivity contribution < 1.29 is 14.3 Å².